The van der Waals surface area contributed by atoms with Crippen LogP contribution in [0, 0.1) is 0 Å². The van der Waals surface area contributed by atoms with Crippen LogP contribution < -0.4 is 4.74 Å². The second-order valence-electron chi connectivity index (χ2n) is 5.74. The molecule has 0 heterocycles. The molecule has 0 saturated carbocycles. The van der Waals surface area contributed by atoms with Gasteiger partial charge in [0.2, 0.25) is 0 Å². The van der Waals surface area contributed by atoms with Crippen LogP contribution in [0.25, 0.3) is 0 Å². The Morgan fingerprint density at radius 2 is 2.10 bits per heavy atom. The first kappa shape index (κ1) is 17.1. The van der Waals surface area contributed by atoms with Crippen molar-refractivity contribution in [2.24, 2.45) is 0 Å². The maximum Gasteiger partial charge on any atom is 0.119 e. The van der Waals surface area contributed by atoms with Crippen LogP contribution in [0.4, 0.5) is 0 Å². The summed E-state index contributed by atoms with van der Waals surface area (Å²) in [7, 11) is 6.03. The van der Waals surface area contributed by atoms with Crippen molar-refractivity contribution in [3.63, 3.8) is 0 Å². The van der Waals surface area contributed by atoms with Gasteiger partial charge in [-0.15, -0.1) is 12.4 Å². The fourth-order valence-corrected chi connectivity index (χ4v) is 2.88. The molecular weight excluding hydrogens is 270 g/mol. The SMILES string of the molecule is COc1cccc(C2(CCN(C)C)C=CCCC2)c1.Cl. The predicted octanol–water partition coefficient (Wildman–Crippen LogP) is 4.05. The molecule has 0 spiro atoms. The molecule has 2 nitrogen and oxygen atoms in total. The van der Waals surface area contributed by atoms with Crippen LogP contribution in [-0.2, 0) is 5.41 Å². The number of benzene rings is 1. The Bertz CT molecular complexity index is 444. The third kappa shape index (κ3) is 4.00. The molecule has 1 atom stereocenters. The highest BCUT2D eigenvalue weighted by Gasteiger charge is 2.30. The van der Waals surface area contributed by atoms with Crippen LogP contribution in [-0.4, -0.2) is 32.6 Å². The molecule has 1 aliphatic carbocycles. The van der Waals surface area contributed by atoms with Crippen LogP contribution in [0.3, 0.4) is 0 Å². The van der Waals surface area contributed by atoms with Crippen molar-refractivity contribution in [1.82, 2.24) is 4.90 Å². The summed E-state index contributed by atoms with van der Waals surface area (Å²) in [5.74, 6) is 0.959. The molecule has 3 heteroatoms. The number of rotatable bonds is 5. The minimum Gasteiger partial charge on any atom is -0.497 e. The number of hydrogen-bond acceptors (Lipinski definition) is 2. The monoisotopic (exact) mass is 295 g/mol. The fourth-order valence-electron chi connectivity index (χ4n) is 2.88. The van der Waals surface area contributed by atoms with Gasteiger partial charge < -0.3 is 9.64 Å². The quantitative estimate of drug-likeness (QED) is 0.760. The Hall–Kier alpha value is -0.990. The Kier molecular flexibility index (Phi) is 6.57. The smallest absolute Gasteiger partial charge is 0.119 e. The van der Waals surface area contributed by atoms with E-state index in [2.05, 4.69) is 49.3 Å². The molecule has 0 fully saturated rings. The van der Waals surface area contributed by atoms with Gasteiger partial charge in [0.25, 0.3) is 0 Å². The topological polar surface area (TPSA) is 12.5 Å². The minimum absolute atomic E-state index is 0. The zero-order valence-corrected chi connectivity index (χ0v) is 13.6. The van der Waals surface area contributed by atoms with Gasteiger partial charge in [0.1, 0.15) is 5.75 Å². The molecular formula is C17H26ClNO. The molecule has 1 aromatic rings. The summed E-state index contributed by atoms with van der Waals surface area (Å²) >= 11 is 0. The summed E-state index contributed by atoms with van der Waals surface area (Å²) in [6, 6.07) is 8.57. The molecule has 1 unspecified atom stereocenters. The highest BCUT2D eigenvalue weighted by Crippen LogP contribution is 2.39. The van der Waals surface area contributed by atoms with Gasteiger partial charge in [0.05, 0.1) is 7.11 Å². The van der Waals surface area contributed by atoms with E-state index in [0.29, 0.717) is 0 Å². The molecule has 0 aliphatic heterocycles. The molecule has 20 heavy (non-hydrogen) atoms. The average molecular weight is 296 g/mol. The molecule has 0 aromatic heterocycles. The van der Waals surface area contributed by atoms with E-state index < -0.39 is 0 Å². The van der Waals surface area contributed by atoms with Crippen LogP contribution in [0.2, 0.25) is 0 Å². The van der Waals surface area contributed by atoms with Gasteiger partial charge in [-0.2, -0.15) is 0 Å². The number of allylic oxidation sites excluding steroid dienone is 2. The van der Waals surface area contributed by atoms with Gasteiger partial charge in [0.15, 0.2) is 0 Å². The lowest BCUT2D eigenvalue weighted by atomic mass is 9.71. The van der Waals surface area contributed by atoms with E-state index in [9.17, 15) is 0 Å². The molecule has 0 N–H and O–H groups in total. The molecule has 1 aliphatic rings. The Morgan fingerprint density at radius 3 is 2.70 bits per heavy atom. The first-order valence-electron chi connectivity index (χ1n) is 7.13. The number of methoxy groups -OCH3 is 1. The lowest BCUT2D eigenvalue weighted by Crippen LogP contribution is -2.30. The molecule has 112 valence electrons. The first-order valence-corrected chi connectivity index (χ1v) is 7.13. The maximum atomic E-state index is 5.38. The molecule has 0 amide bonds. The highest BCUT2D eigenvalue weighted by molar-refractivity contribution is 5.85. The van der Waals surface area contributed by atoms with E-state index in [4.69, 9.17) is 4.74 Å². The normalized spacial score (nSPS) is 21.6. The largest absolute Gasteiger partial charge is 0.497 e. The van der Waals surface area contributed by atoms with Gasteiger partial charge in [-0.05, 0) is 64.0 Å². The summed E-state index contributed by atoms with van der Waals surface area (Å²) in [5.41, 5.74) is 1.58. The van der Waals surface area contributed by atoms with Crippen molar-refractivity contribution in [2.45, 2.75) is 31.1 Å². The minimum atomic E-state index is 0. The van der Waals surface area contributed by atoms with Crippen LogP contribution >= 0.6 is 12.4 Å². The van der Waals surface area contributed by atoms with Crippen molar-refractivity contribution in [3.8, 4) is 5.75 Å². The van der Waals surface area contributed by atoms with Crippen LogP contribution in [0.5, 0.6) is 5.75 Å². The van der Waals surface area contributed by atoms with Crippen molar-refractivity contribution in [2.75, 3.05) is 27.7 Å². The number of halogens is 1. The van der Waals surface area contributed by atoms with Gasteiger partial charge in [0, 0.05) is 5.41 Å². The first-order chi connectivity index (χ1) is 9.16. The van der Waals surface area contributed by atoms with E-state index in [1.807, 2.05) is 6.07 Å². The summed E-state index contributed by atoms with van der Waals surface area (Å²) < 4.78 is 5.38. The fraction of sp³-hybridized carbons (Fsp3) is 0.529. The van der Waals surface area contributed by atoms with E-state index in [-0.39, 0.29) is 17.8 Å². The third-order valence-corrected chi connectivity index (χ3v) is 4.08. The van der Waals surface area contributed by atoms with E-state index >= 15 is 0 Å². The number of ether oxygens (including phenoxy) is 1. The number of hydrogen-bond donors (Lipinski definition) is 0. The standard InChI is InChI=1S/C17H25NO.ClH/c1-18(2)13-12-17(10-5-4-6-11-17)15-8-7-9-16(14-15)19-3;/h5,7-10,14H,4,6,11-13H2,1-3H3;1H. The Morgan fingerprint density at radius 1 is 1.30 bits per heavy atom. The van der Waals surface area contributed by atoms with Crippen molar-refractivity contribution in [3.05, 3.63) is 42.0 Å². The van der Waals surface area contributed by atoms with Crippen LogP contribution in [0.15, 0.2) is 36.4 Å². The number of nitrogens with zero attached hydrogens (tertiary/aromatic N) is 1. The lowest BCUT2D eigenvalue weighted by molar-refractivity contribution is 0.327. The molecule has 0 saturated heterocycles. The van der Waals surface area contributed by atoms with Gasteiger partial charge in [-0.1, -0.05) is 24.3 Å². The maximum absolute atomic E-state index is 5.38. The lowest BCUT2D eigenvalue weighted by Gasteiger charge is -2.35. The molecule has 2 rings (SSSR count). The summed E-state index contributed by atoms with van der Waals surface area (Å²) in [6.45, 7) is 1.11. The van der Waals surface area contributed by atoms with Crippen molar-refractivity contribution in [1.29, 1.82) is 0 Å². The van der Waals surface area contributed by atoms with Gasteiger partial charge in [-0.3, -0.25) is 0 Å². The second-order valence-corrected chi connectivity index (χ2v) is 5.74. The Balaban J connectivity index is 0.00000200. The highest BCUT2D eigenvalue weighted by atomic mass is 35.5. The van der Waals surface area contributed by atoms with Crippen molar-refractivity contribution < 1.29 is 4.74 Å². The summed E-state index contributed by atoms with van der Waals surface area (Å²) in [5, 5.41) is 0. The third-order valence-electron chi connectivity index (χ3n) is 4.08. The zero-order valence-electron chi connectivity index (χ0n) is 12.8. The Labute approximate surface area is 129 Å². The average Bonchev–Trinajstić information content (AvgIpc) is 2.46. The van der Waals surface area contributed by atoms with Crippen LogP contribution in [0.1, 0.15) is 31.2 Å². The predicted molar refractivity (Wildman–Crippen MR) is 88.1 cm³/mol. The summed E-state index contributed by atoms with van der Waals surface area (Å²) in [6.07, 6.45) is 9.68. The zero-order chi connectivity index (χ0) is 13.7. The van der Waals surface area contributed by atoms with Crippen molar-refractivity contribution >= 4 is 12.4 Å². The van der Waals surface area contributed by atoms with Gasteiger partial charge >= 0.3 is 0 Å². The summed E-state index contributed by atoms with van der Waals surface area (Å²) in [4.78, 5) is 2.27. The van der Waals surface area contributed by atoms with Gasteiger partial charge in [-0.25, -0.2) is 0 Å². The molecule has 0 bridgehead atoms. The van der Waals surface area contributed by atoms with E-state index in [0.717, 1.165) is 12.3 Å². The van der Waals surface area contributed by atoms with E-state index in [1.165, 1.54) is 31.2 Å². The second kappa shape index (κ2) is 7.70. The van der Waals surface area contributed by atoms with E-state index in [1.54, 1.807) is 7.11 Å². The molecule has 0 radical (unpaired) electrons. The molecule has 1 aromatic carbocycles.